The highest BCUT2D eigenvalue weighted by atomic mass is 19.1. The number of hydrogen-bond donors (Lipinski definition) is 1. The van der Waals surface area contributed by atoms with Gasteiger partial charge in [0.25, 0.3) is 0 Å². The lowest BCUT2D eigenvalue weighted by Gasteiger charge is -2.36. The molecule has 5 heteroatoms. The average Bonchev–Trinajstić information content (AvgIpc) is 2.54. The molecule has 1 aromatic carbocycles. The third kappa shape index (κ3) is 3.77. The standard InChI is InChI=1S/C19H25FN2O2/c1-13-5-6-14(11-17(13)20)12-21-18(23)15-7-9-22(10-8-15)19(24)16-3-2-4-16/h5-6,11,15-16H,2-4,7-10,12H2,1H3,(H,21,23). The van der Waals surface area contributed by atoms with E-state index in [1.54, 1.807) is 13.0 Å². The van der Waals surface area contributed by atoms with Gasteiger partial charge in [0.05, 0.1) is 0 Å². The second-order valence-electron chi connectivity index (χ2n) is 7.03. The van der Waals surface area contributed by atoms with E-state index in [0.29, 0.717) is 38.0 Å². The van der Waals surface area contributed by atoms with Crippen LogP contribution in [0.2, 0.25) is 0 Å². The summed E-state index contributed by atoms with van der Waals surface area (Å²) in [6.07, 6.45) is 4.63. The Labute approximate surface area is 142 Å². The summed E-state index contributed by atoms with van der Waals surface area (Å²) in [5.41, 5.74) is 1.37. The third-order valence-electron chi connectivity index (χ3n) is 5.33. The molecule has 0 aromatic heterocycles. The molecule has 1 aliphatic heterocycles. The van der Waals surface area contributed by atoms with Crippen molar-refractivity contribution in [1.29, 1.82) is 0 Å². The Balaban J connectivity index is 1.44. The number of rotatable bonds is 4. The zero-order valence-electron chi connectivity index (χ0n) is 14.2. The van der Waals surface area contributed by atoms with Crippen LogP contribution in [-0.2, 0) is 16.1 Å². The van der Waals surface area contributed by atoms with Crippen molar-refractivity contribution in [1.82, 2.24) is 10.2 Å². The van der Waals surface area contributed by atoms with E-state index in [2.05, 4.69) is 5.32 Å². The molecular weight excluding hydrogens is 307 g/mol. The second-order valence-corrected chi connectivity index (χ2v) is 7.03. The van der Waals surface area contributed by atoms with Crippen LogP contribution in [0.4, 0.5) is 4.39 Å². The molecule has 0 radical (unpaired) electrons. The number of likely N-dealkylation sites (tertiary alicyclic amines) is 1. The maximum atomic E-state index is 13.5. The number of carbonyl (C=O) groups is 2. The Morgan fingerprint density at radius 1 is 1.17 bits per heavy atom. The fourth-order valence-electron chi connectivity index (χ4n) is 3.36. The summed E-state index contributed by atoms with van der Waals surface area (Å²) in [6, 6.07) is 5.02. The topological polar surface area (TPSA) is 49.4 Å². The van der Waals surface area contributed by atoms with Crippen LogP contribution in [0.25, 0.3) is 0 Å². The first-order valence-corrected chi connectivity index (χ1v) is 8.86. The van der Waals surface area contributed by atoms with Crippen molar-refractivity contribution in [2.75, 3.05) is 13.1 Å². The van der Waals surface area contributed by atoms with Gasteiger partial charge in [-0.3, -0.25) is 9.59 Å². The van der Waals surface area contributed by atoms with Gasteiger partial charge < -0.3 is 10.2 Å². The monoisotopic (exact) mass is 332 g/mol. The lowest BCUT2D eigenvalue weighted by molar-refractivity contribution is -0.141. The number of piperidine rings is 1. The van der Waals surface area contributed by atoms with Crippen LogP contribution in [0.5, 0.6) is 0 Å². The highest BCUT2D eigenvalue weighted by Gasteiger charge is 2.33. The largest absolute Gasteiger partial charge is 0.352 e. The molecule has 0 atom stereocenters. The fraction of sp³-hybridized carbons (Fsp3) is 0.579. The third-order valence-corrected chi connectivity index (χ3v) is 5.33. The van der Waals surface area contributed by atoms with Gasteiger partial charge in [-0.05, 0) is 49.8 Å². The minimum Gasteiger partial charge on any atom is -0.352 e. The first-order chi connectivity index (χ1) is 11.5. The predicted molar refractivity (Wildman–Crippen MR) is 89.6 cm³/mol. The summed E-state index contributed by atoms with van der Waals surface area (Å²) < 4.78 is 13.5. The van der Waals surface area contributed by atoms with E-state index < -0.39 is 0 Å². The zero-order chi connectivity index (χ0) is 17.1. The van der Waals surface area contributed by atoms with Crippen molar-refractivity contribution in [3.63, 3.8) is 0 Å². The predicted octanol–water partition coefficient (Wildman–Crippen LogP) is 2.79. The molecule has 1 heterocycles. The van der Waals surface area contributed by atoms with Crippen molar-refractivity contribution in [3.05, 3.63) is 35.1 Å². The fourth-order valence-corrected chi connectivity index (χ4v) is 3.36. The number of nitrogens with zero attached hydrogens (tertiary/aromatic N) is 1. The quantitative estimate of drug-likeness (QED) is 0.922. The maximum Gasteiger partial charge on any atom is 0.225 e. The van der Waals surface area contributed by atoms with Crippen LogP contribution in [-0.4, -0.2) is 29.8 Å². The molecule has 130 valence electrons. The van der Waals surface area contributed by atoms with Gasteiger partial charge in [0.15, 0.2) is 0 Å². The minimum absolute atomic E-state index is 0.00623. The average molecular weight is 332 g/mol. The number of halogens is 1. The molecule has 2 aliphatic rings. The lowest BCUT2D eigenvalue weighted by Crippen LogP contribution is -2.46. The number of carbonyl (C=O) groups excluding carboxylic acids is 2. The van der Waals surface area contributed by atoms with Crippen molar-refractivity contribution in [3.8, 4) is 0 Å². The Hall–Kier alpha value is -1.91. The van der Waals surface area contributed by atoms with Gasteiger partial charge in [-0.15, -0.1) is 0 Å². The molecule has 2 fully saturated rings. The minimum atomic E-state index is -0.246. The van der Waals surface area contributed by atoms with Gasteiger partial charge in [0.1, 0.15) is 5.82 Å². The van der Waals surface area contributed by atoms with Gasteiger partial charge in [-0.25, -0.2) is 4.39 Å². The molecule has 1 N–H and O–H groups in total. The first-order valence-electron chi connectivity index (χ1n) is 8.86. The van der Waals surface area contributed by atoms with Crippen LogP contribution in [0.1, 0.15) is 43.2 Å². The summed E-state index contributed by atoms with van der Waals surface area (Å²) in [6.45, 7) is 3.41. The summed E-state index contributed by atoms with van der Waals surface area (Å²) in [7, 11) is 0. The molecule has 4 nitrogen and oxygen atoms in total. The highest BCUT2D eigenvalue weighted by Crippen LogP contribution is 2.30. The summed E-state index contributed by atoms with van der Waals surface area (Å²) in [5, 5.41) is 2.90. The summed E-state index contributed by atoms with van der Waals surface area (Å²) in [4.78, 5) is 26.4. The van der Waals surface area contributed by atoms with Crippen molar-refractivity contribution in [2.45, 2.75) is 45.6 Å². The molecule has 1 aliphatic carbocycles. The Kier molecular flexibility index (Phi) is 5.17. The van der Waals surface area contributed by atoms with E-state index in [1.165, 1.54) is 6.07 Å². The Morgan fingerprint density at radius 2 is 1.88 bits per heavy atom. The molecule has 2 amide bonds. The SMILES string of the molecule is Cc1ccc(CNC(=O)C2CCN(C(=O)C3CCC3)CC2)cc1F. The van der Waals surface area contributed by atoms with E-state index in [9.17, 15) is 14.0 Å². The summed E-state index contributed by atoms with van der Waals surface area (Å²) in [5.74, 6) is 0.212. The van der Waals surface area contributed by atoms with Gasteiger partial charge in [-0.1, -0.05) is 18.6 Å². The lowest BCUT2D eigenvalue weighted by atomic mass is 9.83. The molecule has 3 rings (SSSR count). The Morgan fingerprint density at radius 3 is 2.46 bits per heavy atom. The van der Waals surface area contributed by atoms with Crippen molar-refractivity contribution >= 4 is 11.8 Å². The molecule has 0 spiro atoms. The number of nitrogens with one attached hydrogen (secondary N) is 1. The summed E-state index contributed by atoms with van der Waals surface area (Å²) >= 11 is 0. The zero-order valence-corrected chi connectivity index (χ0v) is 14.2. The van der Waals surface area contributed by atoms with Gasteiger partial charge >= 0.3 is 0 Å². The Bertz CT molecular complexity index is 620. The first kappa shape index (κ1) is 16.9. The number of hydrogen-bond acceptors (Lipinski definition) is 2. The molecule has 0 bridgehead atoms. The van der Waals surface area contributed by atoms with E-state index in [0.717, 1.165) is 24.8 Å². The maximum absolute atomic E-state index is 13.5. The smallest absolute Gasteiger partial charge is 0.225 e. The second kappa shape index (κ2) is 7.32. The van der Waals surface area contributed by atoms with Gasteiger partial charge in [0, 0.05) is 31.5 Å². The van der Waals surface area contributed by atoms with E-state index in [4.69, 9.17) is 0 Å². The molecule has 24 heavy (non-hydrogen) atoms. The normalized spacial score (nSPS) is 19.0. The highest BCUT2D eigenvalue weighted by molar-refractivity contribution is 5.81. The van der Waals surface area contributed by atoms with Crippen LogP contribution < -0.4 is 5.32 Å². The van der Waals surface area contributed by atoms with Crippen LogP contribution in [0, 0.1) is 24.6 Å². The van der Waals surface area contributed by atoms with Crippen molar-refractivity contribution < 1.29 is 14.0 Å². The molecule has 1 saturated carbocycles. The van der Waals surface area contributed by atoms with Crippen LogP contribution in [0.3, 0.4) is 0 Å². The number of aryl methyl sites for hydroxylation is 1. The van der Waals surface area contributed by atoms with Crippen molar-refractivity contribution in [2.24, 2.45) is 11.8 Å². The molecule has 0 unspecified atom stereocenters. The molecule has 1 aromatic rings. The van der Waals surface area contributed by atoms with E-state index >= 15 is 0 Å². The van der Waals surface area contributed by atoms with E-state index in [-0.39, 0.29) is 29.5 Å². The van der Waals surface area contributed by atoms with Crippen LogP contribution >= 0.6 is 0 Å². The van der Waals surface area contributed by atoms with Gasteiger partial charge in [-0.2, -0.15) is 0 Å². The number of benzene rings is 1. The van der Waals surface area contributed by atoms with E-state index in [1.807, 2.05) is 11.0 Å². The molecule has 1 saturated heterocycles. The van der Waals surface area contributed by atoms with Crippen LogP contribution in [0.15, 0.2) is 18.2 Å². The number of amides is 2. The molecular formula is C19H25FN2O2. The van der Waals surface area contributed by atoms with Gasteiger partial charge in [0.2, 0.25) is 11.8 Å².